The Bertz CT molecular complexity index is 603. The largest absolute Gasteiger partial charge is 0.454 e. The van der Waals surface area contributed by atoms with Crippen LogP contribution in [0.1, 0.15) is 18.1 Å². The Morgan fingerprint density at radius 1 is 1.00 bits per heavy atom. The van der Waals surface area contributed by atoms with Crippen molar-refractivity contribution in [2.75, 3.05) is 6.79 Å². The fourth-order valence-corrected chi connectivity index (χ4v) is 2.00. The van der Waals surface area contributed by atoms with Gasteiger partial charge in [-0.15, -0.1) is 0 Å². The highest BCUT2D eigenvalue weighted by Crippen LogP contribution is 2.32. The zero-order chi connectivity index (χ0) is 13.1. The summed E-state index contributed by atoms with van der Waals surface area (Å²) < 4.78 is 12.8. The number of nitrogens with zero attached hydrogens (tertiary/aromatic N) is 1. The molecule has 0 atom stereocenters. The first-order valence-electron chi connectivity index (χ1n) is 6.42. The van der Waals surface area contributed by atoms with Crippen molar-refractivity contribution in [3.8, 4) is 11.5 Å². The topological polar surface area (TPSA) is 22.3 Å². The predicted octanol–water partition coefficient (Wildman–Crippen LogP) is 2.89. The van der Waals surface area contributed by atoms with E-state index < -0.39 is 0 Å². The average Bonchev–Trinajstić information content (AvgIpc) is 2.93. The molecule has 0 N–H and O–H groups in total. The van der Waals surface area contributed by atoms with Crippen LogP contribution in [0, 0.1) is 0 Å². The minimum atomic E-state index is 0.318. The lowest BCUT2D eigenvalue weighted by molar-refractivity contribution is -0.693. The number of benzene rings is 1. The number of pyridine rings is 1. The number of ether oxygens (including phenoxy) is 2. The second-order valence-electron chi connectivity index (χ2n) is 4.41. The summed E-state index contributed by atoms with van der Waals surface area (Å²) in [6, 6.07) is 10.2. The molecule has 96 valence electrons. The molecule has 0 amide bonds. The Morgan fingerprint density at radius 2 is 1.74 bits per heavy atom. The summed E-state index contributed by atoms with van der Waals surface area (Å²) in [6.07, 6.45) is 8.34. The monoisotopic (exact) mass is 254 g/mol. The van der Waals surface area contributed by atoms with E-state index >= 15 is 0 Å². The van der Waals surface area contributed by atoms with Crippen molar-refractivity contribution in [3.05, 3.63) is 53.9 Å². The van der Waals surface area contributed by atoms with Crippen molar-refractivity contribution in [3.63, 3.8) is 0 Å². The van der Waals surface area contributed by atoms with Crippen LogP contribution in [-0.4, -0.2) is 6.79 Å². The van der Waals surface area contributed by atoms with Gasteiger partial charge in [0.05, 0.1) is 0 Å². The standard InChI is InChI=1S/C16H16NO2/c1-2-17-9-7-13(8-10-17)3-4-14-5-6-15-16(11-14)19-12-18-15/h3-11H,2,12H2,1H3/q+1. The maximum absolute atomic E-state index is 5.36. The lowest BCUT2D eigenvalue weighted by atomic mass is 10.1. The number of hydrogen-bond acceptors (Lipinski definition) is 2. The molecule has 3 rings (SSSR count). The highest BCUT2D eigenvalue weighted by atomic mass is 16.7. The van der Waals surface area contributed by atoms with Gasteiger partial charge < -0.3 is 9.47 Å². The third kappa shape index (κ3) is 2.60. The molecule has 2 aromatic rings. The molecule has 0 saturated heterocycles. The maximum Gasteiger partial charge on any atom is 0.231 e. The maximum atomic E-state index is 5.36. The smallest absolute Gasteiger partial charge is 0.231 e. The number of fused-ring (bicyclic) bond motifs is 1. The van der Waals surface area contributed by atoms with E-state index in [4.69, 9.17) is 9.47 Å². The van der Waals surface area contributed by atoms with E-state index in [1.165, 1.54) is 5.56 Å². The molecule has 0 aliphatic carbocycles. The van der Waals surface area contributed by atoms with Crippen LogP contribution in [0.3, 0.4) is 0 Å². The minimum absolute atomic E-state index is 0.318. The molecular formula is C16H16NO2+. The van der Waals surface area contributed by atoms with Gasteiger partial charge in [0, 0.05) is 12.1 Å². The Balaban J connectivity index is 1.78. The lowest BCUT2D eigenvalue weighted by Gasteiger charge is -1.98. The Hall–Kier alpha value is -2.29. The van der Waals surface area contributed by atoms with Crippen LogP contribution < -0.4 is 14.0 Å². The van der Waals surface area contributed by atoms with E-state index in [1.807, 2.05) is 18.2 Å². The second-order valence-corrected chi connectivity index (χ2v) is 4.41. The van der Waals surface area contributed by atoms with E-state index in [-0.39, 0.29) is 0 Å². The van der Waals surface area contributed by atoms with Crippen LogP contribution in [-0.2, 0) is 6.54 Å². The lowest BCUT2D eigenvalue weighted by Crippen LogP contribution is -2.30. The molecule has 0 radical (unpaired) electrons. The summed E-state index contributed by atoms with van der Waals surface area (Å²) >= 11 is 0. The molecule has 0 spiro atoms. The molecular weight excluding hydrogens is 238 g/mol. The zero-order valence-corrected chi connectivity index (χ0v) is 10.9. The normalized spacial score (nSPS) is 13.1. The van der Waals surface area contributed by atoms with Gasteiger partial charge in [-0.25, -0.2) is 4.57 Å². The SMILES string of the molecule is CC[n+]1ccc(C=Cc2ccc3c(c2)OCO3)cc1. The van der Waals surface area contributed by atoms with Crippen LogP contribution in [0.5, 0.6) is 11.5 Å². The van der Waals surface area contributed by atoms with E-state index in [0.29, 0.717) is 6.79 Å². The minimum Gasteiger partial charge on any atom is -0.454 e. The van der Waals surface area contributed by atoms with Crippen molar-refractivity contribution in [1.82, 2.24) is 0 Å². The van der Waals surface area contributed by atoms with Gasteiger partial charge in [-0.05, 0) is 30.2 Å². The summed E-state index contributed by atoms with van der Waals surface area (Å²) in [5.41, 5.74) is 2.29. The van der Waals surface area contributed by atoms with Crippen LogP contribution in [0.15, 0.2) is 42.7 Å². The molecule has 1 aliphatic heterocycles. The van der Waals surface area contributed by atoms with E-state index in [2.05, 4.69) is 48.2 Å². The number of aromatic nitrogens is 1. The molecule has 1 aliphatic rings. The quantitative estimate of drug-likeness (QED) is 0.786. The highest BCUT2D eigenvalue weighted by molar-refractivity contribution is 5.70. The van der Waals surface area contributed by atoms with E-state index in [0.717, 1.165) is 23.6 Å². The Morgan fingerprint density at radius 3 is 2.53 bits per heavy atom. The van der Waals surface area contributed by atoms with Gasteiger partial charge in [0.25, 0.3) is 0 Å². The fraction of sp³-hybridized carbons (Fsp3) is 0.188. The van der Waals surface area contributed by atoms with Gasteiger partial charge in [-0.2, -0.15) is 0 Å². The average molecular weight is 254 g/mol. The summed E-state index contributed by atoms with van der Waals surface area (Å²) in [5.74, 6) is 1.64. The molecule has 2 heterocycles. The van der Waals surface area contributed by atoms with Crippen molar-refractivity contribution in [1.29, 1.82) is 0 Å². The molecule has 0 fully saturated rings. The second kappa shape index (κ2) is 5.14. The molecule has 19 heavy (non-hydrogen) atoms. The third-order valence-corrected chi connectivity index (χ3v) is 3.15. The van der Waals surface area contributed by atoms with Gasteiger partial charge in [-0.1, -0.05) is 18.2 Å². The number of rotatable bonds is 3. The summed E-state index contributed by atoms with van der Waals surface area (Å²) in [6.45, 7) is 3.44. The molecule has 0 bridgehead atoms. The van der Waals surface area contributed by atoms with E-state index in [1.54, 1.807) is 0 Å². The van der Waals surface area contributed by atoms with Crippen molar-refractivity contribution < 1.29 is 14.0 Å². The van der Waals surface area contributed by atoms with Crippen LogP contribution >= 0.6 is 0 Å². The van der Waals surface area contributed by atoms with Gasteiger partial charge in [-0.3, -0.25) is 0 Å². The highest BCUT2D eigenvalue weighted by Gasteiger charge is 2.12. The van der Waals surface area contributed by atoms with Gasteiger partial charge in [0.1, 0.15) is 6.54 Å². The molecule has 1 aromatic carbocycles. The zero-order valence-electron chi connectivity index (χ0n) is 10.9. The summed E-state index contributed by atoms with van der Waals surface area (Å²) in [4.78, 5) is 0. The molecule has 0 saturated carbocycles. The van der Waals surface area contributed by atoms with Gasteiger partial charge in [0.2, 0.25) is 6.79 Å². The molecule has 0 unspecified atom stereocenters. The summed E-state index contributed by atoms with van der Waals surface area (Å²) in [5, 5.41) is 0. The fourth-order valence-electron chi connectivity index (χ4n) is 2.00. The van der Waals surface area contributed by atoms with Crippen molar-refractivity contribution >= 4 is 12.2 Å². The third-order valence-electron chi connectivity index (χ3n) is 3.15. The Labute approximate surface area is 112 Å². The van der Waals surface area contributed by atoms with Crippen LogP contribution in [0.25, 0.3) is 12.2 Å². The van der Waals surface area contributed by atoms with Crippen LogP contribution in [0.4, 0.5) is 0 Å². The van der Waals surface area contributed by atoms with Gasteiger partial charge >= 0.3 is 0 Å². The first kappa shape index (κ1) is 11.8. The predicted molar refractivity (Wildman–Crippen MR) is 73.8 cm³/mol. The Kier molecular flexibility index (Phi) is 3.19. The van der Waals surface area contributed by atoms with Crippen molar-refractivity contribution in [2.45, 2.75) is 13.5 Å². The van der Waals surface area contributed by atoms with Gasteiger partial charge in [0.15, 0.2) is 23.9 Å². The number of aryl methyl sites for hydroxylation is 1. The molecule has 3 heteroatoms. The van der Waals surface area contributed by atoms with Crippen LogP contribution in [0.2, 0.25) is 0 Å². The number of hydrogen-bond donors (Lipinski definition) is 0. The first-order chi connectivity index (χ1) is 9.35. The first-order valence-corrected chi connectivity index (χ1v) is 6.42. The summed E-state index contributed by atoms with van der Waals surface area (Å²) in [7, 11) is 0. The van der Waals surface area contributed by atoms with E-state index in [9.17, 15) is 0 Å². The molecule has 1 aromatic heterocycles. The molecule has 3 nitrogen and oxygen atoms in total. The van der Waals surface area contributed by atoms with Crippen molar-refractivity contribution in [2.24, 2.45) is 0 Å².